The normalized spacial score (nSPS) is 14.5. The number of methoxy groups -OCH3 is 2. The summed E-state index contributed by atoms with van der Waals surface area (Å²) < 4.78 is 25.5. The van der Waals surface area contributed by atoms with E-state index in [0.717, 1.165) is 21.9 Å². The van der Waals surface area contributed by atoms with Crippen molar-refractivity contribution in [1.82, 2.24) is 4.57 Å². The maximum Gasteiger partial charge on any atom is 0.338 e. The molecule has 1 aromatic heterocycles. The molecule has 2 heterocycles. The number of nitrogens with zero attached hydrogens (tertiary/aromatic N) is 2. The predicted molar refractivity (Wildman–Crippen MR) is 182 cm³/mol. The van der Waals surface area contributed by atoms with Crippen LogP contribution in [-0.4, -0.2) is 31.4 Å². The van der Waals surface area contributed by atoms with Gasteiger partial charge in [0.1, 0.15) is 12.4 Å². The first kappa shape index (κ1) is 31.3. The fraction of sp³-hybridized carbons (Fsp3) is 0.194. The Bertz CT molecular complexity index is 2170. The molecule has 0 saturated heterocycles. The van der Waals surface area contributed by atoms with Gasteiger partial charge in [-0.3, -0.25) is 9.36 Å². The molecule has 0 aliphatic carbocycles. The van der Waals surface area contributed by atoms with Gasteiger partial charge in [-0.05, 0) is 60.0 Å². The van der Waals surface area contributed by atoms with Crippen LogP contribution in [0.15, 0.2) is 104 Å². The number of thiazole rings is 1. The maximum atomic E-state index is 14.4. The molecule has 0 amide bonds. The minimum atomic E-state index is -0.840. The first-order chi connectivity index (χ1) is 22.3. The summed E-state index contributed by atoms with van der Waals surface area (Å²) in [7, 11) is 3.09. The van der Waals surface area contributed by atoms with E-state index in [4.69, 9.17) is 23.9 Å². The molecule has 1 atom stereocenters. The van der Waals surface area contributed by atoms with Crippen LogP contribution in [0.1, 0.15) is 36.6 Å². The van der Waals surface area contributed by atoms with Crippen LogP contribution in [0.2, 0.25) is 0 Å². The van der Waals surface area contributed by atoms with Gasteiger partial charge in [0, 0.05) is 10.0 Å². The van der Waals surface area contributed by atoms with Crippen LogP contribution in [0, 0.1) is 0 Å². The zero-order chi connectivity index (χ0) is 32.4. The number of rotatable bonds is 9. The summed E-state index contributed by atoms with van der Waals surface area (Å²) >= 11 is 4.91. The van der Waals surface area contributed by atoms with E-state index in [9.17, 15) is 9.59 Å². The van der Waals surface area contributed by atoms with Crippen molar-refractivity contribution in [2.24, 2.45) is 4.99 Å². The molecule has 0 N–H and O–H groups in total. The smallest absolute Gasteiger partial charge is 0.338 e. The lowest BCUT2D eigenvalue weighted by Crippen LogP contribution is -2.40. The molecule has 0 bridgehead atoms. The lowest BCUT2D eigenvalue weighted by molar-refractivity contribution is -0.139. The summed E-state index contributed by atoms with van der Waals surface area (Å²) in [6.45, 7) is 4.04. The molecule has 1 aliphatic heterocycles. The number of hydrogen-bond acceptors (Lipinski definition) is 8. The van der Waals surface area contributed by atoms with E-state index < -0.39 is 12.0 Å². The number of aromatic nitrogens is 1. The maximum absolute atomic E-state index is 14.4. The second kappa shape index (κ2) is 13.4. The van der Waals surface area contributed by atoms with Crippen LogP contribution in [-0.2, 0) is 16.1 Å². The van der Waals surface area contributed by atoms with Crippen LogP contribution in [0.3, 0.4) is 0 Å². The number of esters is 1. The van der Waals surface area contributed by atoms with Gasteiger partial charge in [0.15, 0.2) is 16.3 Å². The molecule has 6 rings (SSSR count). The lowest BCUT2D eigenvalue weighted by atomic mass is 9.95. The third kappa shape index (κ3) is 5.86. The van der Waals surface area contributed by atoms with E-state index in [0.29, 0.717) is 48.9 Å². The van der Waals surface area contributed by atoms with E-state index in [1.165, 1.54) is 18.4 Å². The van der Waals surface area contributed by atoms with Crippen molar-refractivity contribution in [3.05, 3.63) is 131 Å². The molecule has 0 unspecified atom stereocenters. The number of ether oxygens (including phenoxy) is 4. The Hall–Kier alpha value is -4.67. The highest BCUT2D eigenvalue weighted by atomic mass is 79.9. The van der Waals surface area contributed by atoms with Gasteiger partial charge in [-0.25, -0.2) is 9.79 Å². The van der Waals surface area contributed by atoms with Crippen LogP contribution in [0.5, 0.6) is 17.2 Å². The zero-order valence-electron chi connectivity index (χ0n) is 25.7. The number of fused-ring (bicyclic) bond motifs is 2. The van der Waals surface area contributed by atoms with Crippen molar-refractivity contribution < 1.29 is 23.7 Å². The summed E-state index contributed by atoms with van der Waals surface area (Å²) in [5.41, 5.74) is 2.88. The molecule has 0 spiro atoms. The Morgan fingerprint density at radius 2 is 1.70 bits per heavy atom. The molecule has 234 valence electrons. The van der Waals surface area contributed by atoms with E-state index in [-0.39, 0.29) is 17.7 Å². The van der Waals surface area contributed by atoms with Gasteiger partial charge in [0.05, 0.1) is 42.7 Å². The van der Waals surface area contributed by atoms with E-state index in [2.05, 4.69) is 15.9 Å². The van der Waals surface area contributed by atoms with Gasteiger partial charge in [-0.2, -0.15) is 0 Å². The first-order valence-electron chi connectivity index (χ1n) is 14.6. The summed E-state index contributed by atoms with van der Waals surface area (Å²) in [5, 5.41) is 1.96. The quantitative estimate of drug-likeness (QED) is 0.168. The molecular weight excluding hydrogens is 668 g/mol. The average Bonchev–Trinajstić information content (AvgIpc) is 3.37. The van der Waals surface area contributed by atoms with Crippen molar-refractivity contribution in [1.29, 1.82) is 0 Å². The number of allylic oxidation sites excluding steroid dienone is 1. The summed E-state index contributed by atoms with van der Waals surface area (Å²) in [5.74, 6) is 1.06. The molecule has 0 radical (unpaired) electrons. The van der Waals surface area contributed by atoms with Crippen molar-refractivity contribution in [3.8, 4) is 17.2 Å². The SMILES string of the molecule is CCOC(=O)C1=C(C)N=c2s/c(=C\c3c(OCc4ccccc4)ccc4ccccc34)c(=O)n2[C@H]1c1cc(OC)c(OC)cc1Br. The third-order valence-corrected chi connectivity index (χ3v) is 9.43. The topological polar surface area (TPSA) is 88.4 Å². The molecule has 4 aromatic carbocycles. The first-order valence-corrected chi connectivity index (χ1v) is 16.2. The molecule has 1 aliphatic rings. The van der Waals surface area contributed by atoms with Gasteiger partial charge < -0.3 is 18.9 Å². The van der Waals surface area contributed by atoms with Gasteiger partial charge in [0.2, 0.25) is 0 Å². The number of benzene rings is 4. The van der Waals surface area contributed by atoms with Crippen molar-refractivity contribution in [2.75, 3.05) is 20.8 Å². The standard InChI is InChI=1S/C36H31BrN2O6S/c1-5-44-35(41)32-21(2)38-36-39(33(32)26-17-29(42-3)30(43-4)19-27(26)37)34(40)31(46-36)18-25-24-14-10-9-13-23(24)15-16-28(25)45-20-22-11-7-6-8-12-22/h6-19,33H,5,20H2,1-4H3/b31-18-/t33-/m0/s1. The fourth-order valence-corrected chi connectivity index (χ4v) is 7.15. The minimum absolute atomic E-state index is 0.173. The predicted octanol–water partition coefficient (Wildman–Crippen LogP) is 6.31. The highest BCUT2D eigenvalue weighted by Crippen LogP contribution is 2.41. The van der Waals surface area contributed by atoms with E-state index >= 15 is 0 Å². The van der Waals surface area contributed by atoms with Crippen LogP contribution in [0.4, 0.5) is 0 Å². The highest BCUT2D eigenvalue weighted by molar-refractivity contribution is 9.10. The van der Waals surface area contributed by atoms with Crippen molar-refractivity contribution in [2.45, 2.75) is 26.5 Å². The number of hydrogen-bond donors (Lipinski definition) is 0. The number of halogens is 1. The Balaban J connectivity index is 1.57. The third-order valence-electron chi connectivity index (χ3n) is 7.76. The second-order valence-corrected chi connectivity index (χ2v) is 12.4. The van der Waals surface area contributed by atoms with Crippen LogP contribution in [0.25, 0.3) is 16.8 Å². The second-order valence-electron chi connectivity index (χ2n) is 10.5. The van der Waals surface area contributed by atoms with Crippen LogP contribution >= 0.6 is 27.3 Å². The zero-order valence-corrected chi connectivity index (χ0v) is 28.1. The van der Waals surface area contributed by atoms with Crippen LogP contribution < -0.4 is 29.1 Å². The van der Waals surface area contributed by atoms with E-state index in [1.807, 2.05) is 72.8 Å². The summed E-state index contributed by atoms with van der Waals surface area (Å²) in [4.78, 5) is 33.1. The minimum Gasteiger partial charge on any atom is -0.493 e. The molecule has 10 heteroatoms. The average molecular weight is 700 g/mol. The molecule has 0 fully saturated rings. The summed E-state index contributed by atoms with van der Waals surface area (Å²) in [6, 6.07) is 24.5. The summed E-state index contributed by atoms with van der Waals surface area (Å²) in [6.07, 6.45) is 1.86. The van der Waals surface area contributed by atoms with Gasteiger partial charge in [-0.15, -0.1) is 0 Å². The van der Waals surface area contributed by atoms with Gasteiger partial charge in [0.25, 0.3) is 5.56 Å². The monoisotopic (exact) mass is 698 g/mol. The Morgan fingerprint density at radius 3 is 2.43 bits per heavy atom. The fourth-order valence-electron chi connectivity index (χ4n) is 5.58. The molecule has 46 heavy (non-hydrogen) atoms. The van der Waals surface area contributed by atoms with E-state index in [1.54, 1.807) is 37.7 Å². The number of carbonyl (C=O) groups excluding carboxylic acids is 1. The Morgan fingerprint density at radius 1 is 0.978 bits per heavy atom. The Labute approximate surface area is 278 Å². The highest BCUT2D eigenvalue weighted by Gasteiger charge is 2.35. The van der Waals surface area contributed by atoms with Gasteiger partial charge in [-0.1, -0.05) is 87.9 Å². The number of carbonyl (C=O) groups is 1. The molecule has 8 nitrogen and oxygen atoms in total. The van der Waals surface area contributed by atoms with Gasteiger partial charge >= 0.3 is 5.97 Å². The molecular formula is C36H31BrN2O6S. The van der Waals surface area contributed by atoms with Crippen molar-refractivity contribution in [3.63, 3.8) is 0 Å². The van der Waals surface area contributed by atoms with Crippen molar-refractivity contribution >= 4 is 50.1 Å². The molecule has 0 saturated carbocycles. The lowest BCUT2D eigenvalue weighted by Gasteiger charge is -2.26. The molecule has 5 aromatic rings. The largest absolute Gasteiger partial charge is 0.493 e. The Kier molecular flexibility index (Phi) is 9.10.